The van der Waals surface area contributed by atoms with Crippen molar-refractivity contribution < 1.29 is 9.90 Å². The van der Waals surface area contributed by atoms with Gasteiger partial charge in [-0.15, -0.1) is 0 Å². The quantitative estimate of drug-likeness (QED) is 0.627. The van der Waals surface area contributed by atoms with Crippen LogP contribution in [0.1, 0.15) is 6.42 Å². The van der Waals surface area contributed by atoms with Crippen LogP contribution in [0.5, 0.6) is 0 Å². The minimum atomic E-state index is -1.23. The summed E-state index contributed by atoms with van der Waals surface area (Å²) in [6, 6.07) is 0. The first-order valence-electron chi connectivity index (χ1n) is 5.36. The number of rotatable bonds is 3. The number of carbonyl (C=O) groups excluding carboxylic acids is 1. The van der Waals surface area contributed by atoms with Crippen LogP contribution >= 0.6 is 15.9 Å². The minimum Gasteiger partial charge on any atom is -0.550 e. The van der Waals surface area contributed by atoms with E-state index in [0.717, 1.165) is 4.57 Å². The van der Waals surface area contributed by atoms with Crippen LogP contribution in [0.15, 0.2) is 14.3 Å². The number of fused-ring (bicyclic) bond motifs is 1. The van der Waals surface area contributed by atoms with E-state index in [1.165, 1.54) is 23.2 Å². The molecule has 102 valence electrons. The third-order valence-corrected chi connectivity index (χ3v) is 3.45. The number of imidazole rings is 1. The van der Waals surface area contributed by atoms with Crippen molar-refractivity contribution in [2.45, 2.75) is 13.0 Å². The number of hydrogen-bond acceptors (Lipinski definition) is 5. The molecular formula is C10H10BrN4O4-. The van der Waals surface area contributed by atoms with Gasteiger partial charge in [0.15, 0.2) is 15.9 Å². The van der Waals surface area contributed by atoms with Crippen LogP contribution in [0, 0.1) is 0 Å². The molecule has 0 N–H and O–H groups in total. The first-order valence-corrected chi connectivity index (χ1v) is 6.15. The molecule has 0 aliphatic heterocycles. The van der Waals surface area contributed by atoms with E-state index in [9.17, 15) is 19.5 Å². The second-order valence-electron chi connectivity index (χ2n) is 4.03. The van der Waals surface area contributed by atoms with E-state index in [1.54, 1.807) is 0 Å². The van der Waals surface area contributed by atoms with Crippen LogP contribution < -0.4 is 16.4 Å². The number of halogens is 1. The van der Waals surface area contributed by atoms with Gasteiger partial charge in [0.2, 0.25) is 0 Å². The molecule has 0 aliphatic rings. The van der Waals surface area contributed by atoms with Crippen LogP contribution in [0.4, 0.5) is 0 Å². The molecule has 0 saturated heterocycles. The zero-order valence-electron chi connectivity index (χ0n) is 10.2. The molecule has 0 aliphatic carbocycles. The van der Waals surface area contributed by atoms with Crippen LogP contribution in [0.2, 0.25) is 0 Å². The Kier molecular flexibility index (Phi) is 3.31. The fourth-order valence-corrected chi connectivity index (χ4v) is 2.35. The molecule has 0 fully saturated rings. The van der Waals surface area contributed by atoms with Crippen molar-refractivity contribution in [1.29, 1.82) is 0 Å². The number of aryl methyl sites for hydroxylation is 2. The van der Waals surface area contributed by atoms with E-state index in [-0.39, 0.29) is 24.1 Å². The van der Waals surface area contributed by atoms with Crippen molar-refractivity contribution in [1.82, 2.24) is 18.7 Å². The van der Waals surface area contributed by atoms with E-state index in [0.29, 0.717) is 4.73 Å². The summed E-state index contributed by atoms with van der Waals surface area (Å²) in [6.07, 6.45) is -0.254. The molecule has 19 heavy (non-hydrogen) atoms. The fraction of sp³-hybridized carbons (Fsp3) is 0.400. The number of hydrogen-bond donors (Lipinski definition) is 0. The van der Waals surface area contributed by atoms with Gasteiger partial charge in [-0.25, -0.2) is 9.78 Å². The third-order valence-electron chi connectivity index (χ3n) is 2.84. The minimum absolute atomic E-state index is 0.0346. The van der Waals surface area contributed by atoms with Crippen molar-refractivity contribution in [3.05, 3.63) is 25.6 Å². The molecule has 2 rings (SSSR count). The Balaban J connectivity index is 2.80. The summed E-state index contributed by atoms with van der Waals surface area (Å²) in [7, 11) is 2.85. The SMILES string of the molecule is Cn1c(=O)c2c(nc(Br)n2CCC(=O)[O-])n(C)c1=O. The predicted molar refractivity (Wildman–Crippen MR) is 67.5 cm³/mol. The van der Waals surface area contributed by atoms with Crippen molar-refractivity contribution in [3.8, 4) is 0 Å². The second-order valence-corrected chi connectivity index (χ2v) is 4.74. The maximum atomic E-state index is 12.1. The molecule has 9 heteroatoms. The maximum absolute atomic E-state index is 12.1. The zero-order chi connectivity index (χ0) is 14.3. The smallest absolute Gasteiger partial charge is 0.332 e. The molecular weight excluding hydrogens is 320 g/mol. The Morgan fingerprint density at radius 3 is 2.53 bits per heavy atom. The van der Waals surface area contributed by atoms with Gasteiger partial charge in [-0.05, 0) is 15.9 Å². The molecule has 0 unspecified atom stereocenters. The van der Waals surface area contributed by atoms with Gasteiger partial charge in [-0.2, -0.15) is 0 Å². The summed E-state index contributed by atoms with van der Waals surface area (Å²) in [5.74, 6) is -1.23. The summed E-state index contributed by atoms with van der Waals surface area (Å²) in [5.41, 5.74) is -0.625. The average Bonchev–Trinajstić information content (AvgIpc) is 2.68. The van der Waals surface area contributed by atoms with Crippen molar-refractivity contribution >= 4 is 33.1 Å². The van der Waals surface area contributed by atoms with E-state index >= 15 is 0 Å². The Labute approximate surface area is 115 Å². The first-order chi connectivity index (χ1) is 8.84. The zero-order valence-corrected chi connectivity index (χ0v) is 11.8. The van der Waals surface area contributed by atoms with E-state index < -0.39 is 17.2 Å². The molecule has 0 spiro atoms. The summed E-state index contributed by atoms with van der Waals surface area (Å²) < 4.78 is 3.89. The molecule has 2 aromatic rings. The highest BCUT2D eigenvalue weighted by molar-refractivity contribution is 9.10. The Morgan fingerprint density at radius 2 is 1.95 bits per heavy atom. The second kappa shape index (κ2) is 4.65. The number of nitrogens with zero attached hydrogens (tertiary/aromatic N) is 4. The molecule has 8 nitrogen and oxygen atoms in total. The molecule has 0 aromatic carbocycles. The Hall–Kier alpha value is -1.90. The average molecular weight is 330 g/mol. The van der Waals surface area contributed by atoms with Crippen molar-refractivity contribution in [2.75, 3.05) is 0 Å². The van der Waals surface area contributed by atoms with Gasteiger partial charge < -0.3 is 14.5 Å². The maximum Gasteiger partial charge on any atom is 0.332 e. The van der Waals surface area contributed by atoms with E-state index in [4.69, 9.17) is 0 Å². The van der Waals surface area contributed by atoms with Gasteiger partial charge in [0.1, 0.15) is 0 Å². The number of carboxylic acid groups (broad SMARTS) is 1. The van der Waals surface area contributed by atoms with Gasteiger partial charge in [0.05, 0.1) is 0 Å². The molecule has 0 bridgehead atoms. The van der Waals surface area contributed by atoms with Crippen LogP contribution in [0.25, 0.3) is 11.2 Å². The third kappa shape index (κ3) is 2.09. The standard InChI is InChI=1S/C10H11BrN4O4/c1-13-7-6(8(18)14(2)10(13)19)15(9(11)12-7)4-3-5(16)17/h3-4H2,1-2H3,(H,16,17)/p-1. The summed E-state index contributed by atoms with van der Waals surface area (Å²) in [5, 5.41) is 10.5. The lowest BCUT2D eigenvalue weighted by atomic mass is 10.4. The van der Waals surface area contributed by atoms with Crippen LogP contribution in [0.3, 0.4) is 0 Å². The normalized spacial score (nSPS) is 11.1. The number of aromatic nitrogens is 4. The highest BCUT2D eigenvalue weighted by atomic mass is 79.9. The summed E-state index contributed by atoms with van der Waals surface area (Å²) >= 11 is 3.15. The Bertz CT molecular complexity index is 785. The monoisotopic (exact) mass is 329 g/mol. The van der Waals surface area contributed by atoms with Crippen LogP contribution in [-0.2, 0) is 25.4 Å². The molecule has 2 heterocycles. The first kappa shape index (κ1) is 13.5. The lowest BCUT2D eigenvalue weighted by molar-refractivity contribution is -0.305. The number of aliphatic carboxylic acids is 1. The molecule has 0 saturated carbocycles. The fourth-order valence-electron chi connectivity index (χ4n) is 1.83. The lowest BCUT2D eigenvalue weighted by Gasteiger charge is -2.07. The highest BCUT2D eigenvalue weighted by Gasteiger charge is 2.17. The predicted octanol–water partition coefficient (Wildman–Crippen LogP) is -1.66. The Morgan fingerprint density at radius 1 is 1.32 bits per heavy atom. The van der Waals surface area contributed by atoms with Gasteiger partial charge >= 0.3 is 5.69 Å². The van der Waals surface area contributed by atoms with Crippen molar-refractivity contribution in [2.24, 2.45) is 14.1 Å². The van der Waals surface area contributed by atoms with E-state index in [2.05, 4.69) is 20.9 Å². The molecule has 0 amide bonds. The summed E-state index contributed by atoms with van der Waals surface area (Å²) in [4.78, 5) is 38.4. The van der Waals surface area contributed by atoms with Gasteiger partial charge in [-0.1, -0.05) is 0 Å². The number of carboxylic acids is 1. The van der Waals surface area contributed by atoms with Crippen LogP contribution in [-0.4, -0.2) is 24.7 Å². The largest absolute Gasteiger partial charge is 0.550 e. The number of carbonyl (C=O) groups is 1. The lowest BCUT2D eigenvalue weighted by Crippen LogP contribution is -2.37. The van der Waals surface area contributed by atoms with Gasteiger partial charge in [0.25, 0.3) is 5.56 Å². The van der Waals surface area contributed by atoms with Crippen molar-refractivity contribution in [3.63, 3.8) is 0 Å². The highest BCUT2D eigenvalue weighted by Crippen LogP contribution is 2.16. The van der Waals surface area contributed by atoms with Gasteiger partial charge in [0, 0.05) is 33.0 Å². The van der Waals surface area contributed by atoms with E-state index in [1.807, 2.05) is 0 Å². The van der Waals surface area contributed by atoms with Gasteiger partial charge in [-0.3, -0.25) is 13.9 Å². The molecule has 0 radical (unpaired) electrons. The molecule has 2 aromatic heterocycles. The molecule has 0 atom stereocenters. The topological polar surface area (TPSA) is 102 Å². The summed E-state index contributed by atoms with van der Waals surface area (Å²) in [6.45, 7) is 0.0346.